The van der Waals surface area contributed by atoms with Crippen LogP contribution in [0.4, 0.5) is 5.69 Å². The highest BCUT2D eigenvalue weighted by Crippen LogP contribution is 2.29. The fourth-order valence-electron chi connectivity index (χ4n) is 3.80. The Labute approximate surface area is 186 Å². The number of amides is 1. The highest BCUT2D eigenvalue weighted by Gasteiger charge is 2.22. The van der Waals surface area contributed by atoms with Crippen LogP contribution >= 0.6 is 0 Å². The minimum atomic E-state index is 0.100. The van der Waals surface area contributed by atoms with Crippen LogP contribution in [-0.2, 0) is 4.79 Å². The highest BCUT2D eigenvalue weighted by atomic mass is 16.5. The lowest BCUT2D eigenvalue weighted by Crippen LogP contribution is -2.44. The minimum absolute atomic E-state index is 0.100. The molecule has 0 aromatic heterocycles. The molecule has 0 unspecified atom stereocenters. The number of nitrogens with one attached hydrogen (secondary N) is 1. The van der Waals surface area contributed by atoms with E-state index in [1.165, 1.54) is 5.69 Å². The van der Waals surface area contributed by atoms with Gasteiger partial charge in [0.2, 0.25) is 5.91 Å². The number of hydrogen-bond donors (Lipinski definition) is 1. The van der Waals surface area contributed by atoms with Crippen LogP contribution in [0.1, 0.15) is 26.2 Å². The van der Waals surface area contributed by atoms with Crippen molar-refractivity contribution in [2.24, 2.45) is 0 Å². The first kappa shape index (κ1) is 22.9. The van der Waals surface area contributed by atoms with Gasteiger partial charge >= 0.3 is 0 Å². The molecule has 2 aromatic rings. The number of carbonyl (C=O) groups excluding carboxylic acids is 1. The Hall–Kier alpha value is -2.73. The molecule has 1 aliphatic rings. The Morgan fingerprint density at radius 2 is 1.74 bits per heavy atom. The van der Waals surface area contributed by atoms with E-state index in [4.69, 9.17) is 9.47 Å². The zero-order valence-electron chi connectivity index (χ0n) is 18.8. The lowest BCUT2D eigenvalue weighted by molar-refractivity contribution is -0.122. The van der Waals surface area contributed by atoms with E-state index in [1.807, 2.05) is 49.4 Å². The largest absolute Gasteiger partial charge is 0.490 e. The van der Waals surface area contributed by atoms with Gasteiger partial charge < -0.3 is 19.7 Å². The number of piperidine rings is 1. The SMILES string of the molecule is CCOc1ccccc1OC1CCN(CC(=O)NCCCN(C)c2ccccc2)CC1. The van der Waals surface area contributed by atoms with Crippen LogP contribution in [0.25, 0.3) is 0 Å². The summed E-state index contributed by atoms with van der Waals surface area (Å²) in [7, 11) is 2.08. The van der Waals surface area contributed by atoms with Crippen LogP contribution in [0.3, 0.4) is 0 Å². The van der Waals surface area contributed by atoms with Gasteiger partial charge in [-0.05, 0) is 50.5 Å². The van der Waals surface area contributed by atoms with Crippen molar-refractivity contribution >= 4 is 11.6 Å². The van der Waals surface area contributed by atoms with E-state index >= 15 is 0 Å². The molecule has 1 saturated heterocycles. The Bertz CT molecular complexity index is 792. The number of ether oxygens (including phenoxy) is 2. The molecular weight excluding hydrogens is 390 g/mol. The molecule has 0 saturated carbocycles. The summed E-state index contributed by atoms with van der Waals surface area (Å²) in [6.07, 6.45) is 2.91. The maximum atomic E-state index is 12.3. The summed E-state index contributed by atoms with van der Waals surface area (Å²) in [5.74, 6) is 1.70. The van der Waals surface area contributed by atoms with E-state index in [2.05, 4.69) is 34.3 Å². The Balaban J connectivity index is 1.31. The average molecular weight is 426 g/mol. The second-order valence-electron chi connectivity index (χ2n) is 7.93. The summed E-state index contributed by atoms with van der Waals surface area (Å²) in [6.45, 7) is 6.40. The number of anilines is 1. The van der Waals surface area contributed by atoms with Gasteiger partial charge in [0.25, 0.3) is 0 Å². The van der Waals surface area contributed by atoms with Crippen LogP contribution in [0, 0.1) is 0 Å². The predicted octanol–water partition coefficient (Wildman–Crippen LogP) is 3.57. The highest BCUT2D eigenvalue weighted by molar-refractivity contribution is 5.78. The zero-order chi connectivity index (χ0) is 21.9. The molecule has 0 aliphatic carbocycles. The van der Waals surface area contributed by atoms with Gasteiger partial charge in [-0.2, -0.15) is 0 Å². The fraction of sp³-hybridized carbons (Fsp3) is 0.480. The van der Waals surface area contributed by atoms with Crippen molar-refractivity contribution in [3.05, 3.63) is 54.6 Å². The lowest BCUT2D eigenvalue weighted by Gasteiger charge is -2.32. The average Bonchev–Trinajstić information content (AvgIpc) is 2.80. The number of hydrogen-bond acceptors (Lipinski definition) is 5. The zero-order valence-corrected chi connectivity index (χ0v) is 18.8. The van der Waals surface area contributed by atoms with E-state index in [0.717, 1.165) is 50.4 Å². The first-order valence-electron chi connectivity index (χ1n) is 11.3. The lowest BCUT2D eigenvalue weighted by atomic mass is 10.1. The third kappa shape index (κ3) is 7.47. The Kier molecular flexibility index (Phi) is 9.03. The molecule has 2 aromatic carbocycles. The first-order valence-corrected chi connectivity index (χ1v) is 11.3. The van der Waals surface area contributed by atoms with Crippen LogP contribution in [0.15, 0.2) is 54.6 Å². The van der Waals surface area contributed by atoms with Gasteiger partial charge in [-0.3, -0.25) is 9.69 Å². The monoisotopic (exact) mass is 425 g/mol. The third-order valence-corrected chi connectivity index (χ3v) is 5.53. The molecule has 3 rings (SSSR count). The van der Waals surface area contributed by atoms with E-state index in [1.54, 1.807) is 0 Å². The number of para-hydroxylation sites is 3. The molecule has 1 heterocycles. The molecular formula is C25H35N3O3. The molecule has 31 heavy (non-hydrogen) atoms. The maximum absolute atomic E-state index is 12.3. The van der Waals surface area contributed by atoms with Crippen LogP contribution in [0.2, 0.25) is 0 Å². The van der Waals surface area contributed by atoms with Crippen LogP contribution in [0.5, 0.6) is 11.5 Å². The van der Waals surface area contributed by atoms with E-state index in [0.29, 0.717) is 19.7 Å². The van der Waals surface area contributed by atoms with Crippen LogP contribution < -0.4 is 19.7 Å². The van der Waals surface area contributed by atoms with Gasteiger partial charge in [-0.1, -0.05) is 30.3 Å². The van der Waals surface area contributed by atoms with E-state index in [9.17, 15) is 4.79 Å². The smallest absolute Gasteiger partial charge is 0.234 e. The second kappa shape index (κ2) is 12.2. The van der Waals surface area contributed by atoms with Gasteiger partial charge in [-0.15, -0.1) is 0 Å². The van der Waals surface area contributed by atoms with E-state index < -0.39 is 0 Å². The summed E-state index contributed by atoms with van der Waals surface area (Å²) < 4.78 is 11.8. The van der Waals surface area contributed by atoms with Gasteiger partial charge in [0.05, 0.1) is 13.2 Å². The summed E-state index contributed by atoms with van der Waals surface area (Å²) in [6, 6.07) is 18.1. The van der Waals surface area contributed by atoms with Crippen molar-refractivity contribution in [2.75, 3.05) is 51.3 Å². The molecule has 0 radical (unpaired) electrons. The number of rotatable bonds is 11. The number of benzene rings is 2. The Morgan fingerprint density at radius 3 is 2.45 bits per heavy atom. The molecule has 1 N–H and O–H groups in total. The number of likely N-dealkylation sites (tertiary alicyclic amines) is 1. The predicted molar refractivity (Wildman–Crippen MR) is 125 cm³/mol. The topological polar surface area (TPSA) is 54.0 Å². The van der Waals surface area contributed by atoms with Crippen molar-refractivity contribution in [1.82, 2.24) is 10.2 Å². The molecule has 1 amide bonds. The third-order valence-electron chi connectivity index (χ3n) is 5.53. The van der Waals surface area contributed by atoms with Gasteiger partial charge in [0.15, 0.2) is 11.5 Å². The fourth-order valence-corrected chi connectivity index (χ4v) is 3.80. The number of carbonyl (C=O) groups is 1. The van der Waals surface area contributed by atoms with Crippen molar-refractivity contribution < 1.29 is 14.3 Å². The standard InChI is InChI=1S/C25H35N3O3/c1-3-30-23-12-7-8-13-24(23)31-22-14-18-28(19-15-22)20-25(29)26-16-9-17-27(2)21-10-5-4-6-11-21/h4-8,10-13,22H,3,9,14-20H2,1-2H3,(H,26,29). The van der Waals surface area contributed by atoms with Crippen molar-refractivity contribution in [3.63, 3.8) is 0 Å². The molecule has 6 nitrogen and oxygen atoms in total. The summed E-state index contributed by atoms with van der Waals surface area (Å²) in [4.78, 5) is 16.7. The summed E-state index contributed by atoms with van der Waals surface area (Å²) in [5, 5.41) is 3.05. The normalized spacial score (nSPS) is 14.8. The molecule has 1 fully saturated rings. The summed E-state index contributed by atoms with van der Waals surface area (Å²) in [5.41, 5.74) is 1.20. The van der Waals surface area contributed by atoms with Crippen molar-refractivity contribution in [2.45, 2.75) is 32.3 Å². The molecule has 0 spiro atoms. The van der Waals surface area contributed by atoms with Gasteiger partial charge in [0.1, 0.15) is 6.10 Å². The molecule has 168 valence electrons. The quantitative estimate of drug-likeness (QED) is 0.558. The number of nitrogens with zero attached hydrogens (tertiary/aromatic N) is 2. The molecule has 6 heteroatoms. The van der Waals surface area contributed by atoms with Crippen LogP contribution in [-0.4, -0.2) is 63.3 Å². The first-order chi connectivity index (χ1) is 15.2. The van der Waals surface area contributed by atoms with Gasteiger partial charge in [-0.25, -0.2) is 0 Å². The minimum Gasteiger partial charge on any atom is -0.490 e. The van der Waals surface area contributed by atoms with Crippen molar-refractivity contribution in [3.8, 4) is 11.5 Å². The second-order valence-corrected chi connectivity index (χ2v) is 7.93. The maximum Gasteiger partial charge on any atom is 0.234 e. The molecule has 1 aliphatic heterocycles. The van der Waals surface area contributed by atoms with E-state index in [-0.39, 0.29) is 12.0 Å². The van der Waals surface area contributed by atoms with Gasteiger partial charge in [0, 0.05) is 38.9 Å². The molecule has 0 bridgehead atoms. The Morgan fingerprint density at radius 1 is 1.06 bits per heavy atom. The molecule has 0 atom stereocenters. The van der Waals surface area contributed by atoms with Crippen molar-refractivity contribution in [1.29, 1.82) is 0 Å². The summed E-state index contributed by atoms with van der Waals surface area (Å²) >= 11 is 0.